The molecule has 0 aliphatic heterocycles. The molecule has 0 aliphatic carbocycles. The van der Waals surface area contributed by atoms with Crippen LogP contribution in [0.4, 0.5) is 5.69 Å². The van der Waals surface area contributed by atoms with Crippen LogP contribution in [0, 0.1) is 6.92 Å². The van der Waals surface area contributed by atoms with Crippen LogP contribution in [0.25, 0.3) is 0 Å². The second kappa shape index (κ2) is 9.13. The zero-order valence-electron chi connectivity index (χ0n) is 13.8. The Morgan fingerprint density at radius 3 is 2.38 bits per heavy atom. The van der Waals surface area contributed by atoms with Gasteiger partial charge in [-0.15, -0.1) is 11.8 Å². The lowest BCUT2D eigenvalue weighted by molar-refractivity contribution is -0.139. The van der Waals surface area contributed by atoms with E-state index in [1.807, 2.05) is 61.5 Å². The molecule has 0 fully saturated rings. The van der Waals surface area contributed by atoms with Crippen molar-refractivity contribution in [3.63, 3.8) is 0 Å². The lowest BCUT2D eigenvalue weighted by Crippen LogP contribution is -2.20. The number of esters is 1. The Morgan fingerprint density at radius 1 is 1.08 bits per heavy atom. The number of hydrogen-bond acceptors (Lipinski definition) is 4. The van der Waals surface area contributed by atoms with E-state index >= 15 is 0 Å². The number of thioether (sulfide) groups is 1. The number of carbonyl (C=O) groups is 2. The highest BCUT2D eigenvalue weighted by Gasteiger charge is 2.22. The average molecular weight is 343 g/mol. The van der Waals surface area contributed by atoms with Gasteiger partial charge in [-0.2, -0.15) is 0 Å². The molecular formula is C19H21NO3S. The summed E-state index contributed by atoms with van der Waals surface area (Å²) < 4.78 is 4.95. The number of amides is 1. The van der Waals surface area contributed by atoms with E-state index in [2.05, 4.69) is 5.32 Å². The molecular weight excluding hydrogens is 322 g/mol. The minimum atomic E-state index is -0.475. The molecule has 0 heterocycles. The lowest BCUT2D eigenvalue weighted by Gasteiger charge is -2.17. The van der Waals surface area contributed by atoms with Gasteiger partial charge in [-0.25, -0.2) is 0 Å². The molecule has 0 saturated carbocycles. The van der Waals surface area contributed by atoms with Crippen LogP contribution in [0.5, 0.6) is 0 Å². The van der Waals surface area contributed by atoms with Gasteiger partial charge in [-0.05, 0) is 31.5 Å². The quantitative estimate of drug-likeness (QED) is 0.773. The highest BCUT2D eigenvalue weighted by molar-refractivity contribution is 8.00. The predicted molar refractivity (Wildman–Crippen MR) is 98.1 cm³/mol. The molecule has 2 rings (SSSR count). The highest BCUT2D eigenvalue weighted by atomic mass is 32.2. The van der Waals surface area contributed by atoms with Crippen molar-refractivity contribution in [3.05, 3.63) is 65.7 Å². The van der Waals surface area contributed by atoms with E-state index in [1.165, 1.54) is 11.8 Å². The van der Waals surface area contributed by atoms with E-state index in [9.17, 15) is 9.59 Å². The van der Waals surface area contributed by atoms with Gasteiger partial charge in [-0.1, -0.05) is 48.0 Å². The van der Waals surface area contributed by atoms with Crippen LogP contribution in [0.2, 0.25) is 0 Å². The van der Waals surface area contributed by atoms with Crippen molar-refractivity contribution in [1.29, 1.82) is 0 Å². The molecule has 0 saturated heterocycles. The van der Waals surface area contributed by atoms with Crippen LogP contribution < -0.4 is 5.32 Å². The maximum atomic E-state index is 12.7. The van der Waals surface area contributed by atoms with Crippen LogP contribution >= 0.6 is 11.8 Å². The third kappa shape index (κ3) is 5.42. The molecule has 1 amide bonds. The molecule has 1 unspecified atom stereocenters. The van der Waals surface area contributed by atoms with Crippen LogP contribution in [0.1, 0.15) is 23.3 Å². The van der Waals surface area contributed by atoms with Crippen molar-refractivity contribution in [2.45, 2.75) is 19.1 Å². The summed E-state index contributed by atoms with van der Waals surface area (Å²) in [7, 11) is 0. The van der Waals surface area contributed by atoms with E-state index in [-0.39, 0.29) is 17.6 Å². The number of ether oxygens (including phenoxy) is 1. The summed E-state index contributed by atoms with van der Waals surface area (Å²) >= 11 is 1.27. The summed E-state index contributed by atoms with van der Waals surface area (Å²) in [6, 6.07) is 17.1. The molecule has 2 aromatic carbocycles. The van der Waals surface area contributed by atoms with Gasteiger partial charge in [0.1, 0.15) is 5.25 Å². The van der Waals surface area contributed by atoms with Crippen molar-refractivity contribution >= 4 is 29.3 Å². The van der Waals surface area contributed by atoms with Crippen LogP contribution in [0.15, 0.2) is 54.6 Å². The first kappa shape index (κ1) is 18.1. The van der Waals surface area contributed by atoms with Crippen LogP contribution in [0.3, 0.4) is 0 Å². The van der Waals surface area contributed by atoms with Gasteiger partial charge in [0, 0.05) is 5.69 Å². The fourth-order valence-electron chi connectivity index (χ4n) is 2.15. The molecule has 0 radical (unpaired) electrons. The third-order valence-corrected chi connectivity index (χ3v) is 4.55. The smallest absolute Gasteiger partial charge is 0.315 e. The number of hydrogen-bond donors (Lipinski definition) is 1. The summed E-state index contributed by atoms with van der Waals surface area (Å²) in [5.41, 5.74) is 2.73. The number of aryl methyl sites for hydroxylation is 1. The summed E-state index contributed by atoms with van der Waals surface area (Å²) in [5.74, 6) is -0.333. The maximum Gasteiger partial charge on any atom is 0.315 e. The van der Waals surface area contributed by atoms with E-state index in [0.29, 0.717) is 6.61 Å². The number of anilines is 1. The minimum absolute atomic E-state index is 0.134. The second-order valence-corrected chi connectivity index (χ2v) is 6.36. The molecule has 0 spiro atoms. The Bertz CT molecular complexity index is 671. The predicted octanol–water partition coefficient (Wildman–Crippen LogP) is 3.97. The Kier molecular flexibility index (Phi) is 6.88. The largest absolute Gasteiger partial charge is 0.465 e. The van der Waals surface area contributed by atoms with Gasteiger partial charge in [0.2, 0.25) is 5.91 Å². The van der Waals surface area contributed by atoms with Gasteiger partial charge in [0.15, 0.2) is 0 Å². The summed E-state index contributed by atoms with van der Waals surface area (Å²) in [5, 5.41) is 2.44. The Hall–Kier alpha value is -2.27. The van der Waals surface area contributed by atoms with Crippen molar-refractivity contribution in [2.24, 2.45) is 0 Å². The summed E-state index contributed by atoms with van der Waals surface area (Å²) in [6.45, 7) is 4.10. The van der Waals surface area contributed by atoms with E-state index in [0.717, 1.165) is 16.8 Å². The van der Waals surface area contributed by atoms with Gasteiger partial charge in [0.05, 0.1) is 12.4 Å². The molecule has 1 atom stereocenters. The monoisotopic (exact) mass is 343 g/mol. The number of nitrogens with one attached hydrogen (secondary N) is 1. The van der Waals surface area contributed by atoms with Crippen molar-refractivity contribution < 1.29 is 14.3 Å². The molecule has 4 nitrogen and oxygen atoms in total. The topological polar surface area (TPSA) is 55.4 Å². The van der Waals surface area contributed by atoms with Gasteiger partial charge < -0.3 is 10.1 Å². The number of benzene rings is 2. The molecule has 0 aliphatic rings. The maximum absolute atomic E-state index is 12.7. The van der Waals surface area contributed by atoms with Gasteiger partial charge >= 0.3 is 5.97 Å². The molecule has 126 valence electrons. The Labute approximate surface area is 146 Å². The molecule has 24 heavy (non-hydrogen) atoms. The fraction of sp³-hybridized carbons (Fsp3) is 0.263. The summed E-state index contributed by atoms with van der Waals surface area (Å²) in [6.07, 6.45) is 0. The Balaban J connectivity index is 2.10. The first-order valence-electron chi connectivity index (χ1n) is 7.80. The lowest BCUT2D eigenvalue weighted by atomic mass is 10.1. The SMILES string of the molecule is CCOC(=O)CSC(C(=O)Nc1ccc(C)cc1)c1ccccc1. The Morgan fingerprint density at radius 2 is 1.75 bits per heavy atom. The first-order valence-corrected chi connectivity index (χ1v) is 8.84. The van der Waals surface area contributed by atoms with Crippen LogP contribution in [-0.2, 0) is 14.3 Å². The van der Waals surface area contributed by atoms with Gasteiger partial charge in [-0.3, -0.25) is 9.59 Å². The minimum Gasteiger partial charge on any atom is -0.465 e. The standard InChI is InChI=1S/C19H21NO3S/c1-3-23-17(21)13-24-18(15-7-5-4-6-8-15)19(22)20-16-11-9-14(2)10-12-16/h4-12,18H,3,13H2,1-2H3,(H,20,22). The summed E-state index contributed by atoms with van der Waals surface area (Å²) in [4.78, 5) is 24.3. The molecule has 0 aromatic heterocycles. The van der Waals surface area contributed by atoms with Gasteiger partial charge in [0.25, 0.3) is 0 Å². The number of rotatable bonds is 7. The van der Waals surface area contributed by atoms with E-state index in [4.69, 9.17) is 4.74 Å². The second-order valence-electron chi connectivity index (χ2n) is 5.26. The highest BCUT2D eigenvalue weighted by Crippen LogP contribution is 2.30. The van der Waals surface area contributed by atoms with E-state index in [1.54, 1.807) is 6.92 Å². The van der Waals surface area contributed by atoms with Crippen molar-refractivity contribution in [1.82, 2.24) is 0 Å². The molecule has 2 aromatic rings. The zero-order valence-corrected chi connectivity index (χ0v) is 14.6. The van der Waals surface area contributed by atoms with E-state index < -0.39 is 5.25 Å². The first-order chi connectivity index (χ1) is 11.6. The zero-order chi connectivity index (χ0) is 17.4. The normalized spacial score (nSPS) is 11.6. The fourth-order valence-corrected chi connectivity index (χ4v) is 3.10. The number of carbonyl (C=O) groups excluding carboxylic acids is 2. The van der Waals surface area contributed by atoms with Crippen LogP contribution in [-0.4, -0.2) is 24.2 Å². The molecule has 0 bridgehead atoms. The molecule has 1 N–H and O–H groups in total. The van der Waals surface area contributed by atoms with Crippen molar-refractivity contribution in [2.75, 3.05) is 17.7 Å². The average Bonchev–Trinajstić information content (AvgIpc) is 2.58. The van der Waals surface area contributed by atoms with Crippen molar-refractivity contribution in [3.8, 4) is 0 Å². The molecule has 5 heteroatoms. The third-order valence-electron chi connectivity index (χ3n) is 3.33.